The molecular formula is C18H10BrIN2O4. The molecule has 0 bridgehead atoms. The van der Waals surface area contributed by atoms with Gasteiger partial charge in [0.15, 0.2) is 5.70 Å². The Hall–Kier alpha value is -2.33. The molecule has 0 aromatic heterocycles. The van der Waals surface area contributed by atoms with Gasteiger partial charge in [0.2, 0.25) is 5.90 Å². The molecule has 1 aliphatic rings. The second-order valence-electron chi connectivity index (χ2n) is 5.20. The SMILES string of the molecule is O=C1OC(c2ccc(I)c(Br)c2)=N/C1=C\C=C\c1ccc([N+](=O)[O-])cc1. The number of cyclic esters (lactones) is 1. The number of halogens is 2. The average molecular weight is 525 g/mol. The molecule has 0 saturated heterocycles. The van der Waals surface area contributed by atoms with Gasteiger partial charge in [0.05, 0.1) is 4.92 Å². The number of nitrogens with zero attached hydrogens (tertiary/aromatic N) is 2. The zero-order valence-electron chi connectivity index (χ0n) is 13.1. The Morgan fingerprint density at radius 3 is 2.58 bits per heavy atom. The predicted molar refractivity (Wildman–Crippen MR) is 110 cm³/mol. The topological polar surface area (TPSA) is 81.8 Å². The molecule has 130 valence electrons. The molecule has 0 amide bonds. The van der Waals surface area contributed by atoms with Crippen molar-refractivity contribution >= 4 is 62.2 Å². The van der Waals surface area contributed by atoms with Crippen LogP contribution >= 0.6 is 38.5 Å². The van der Waals surface area contributed by atoms with Crippen LogP contribution in [-0.2, 0) is 9.53 Å². The molecule has 6 nitrogen and oxygen atoms in total. The van der Waals surface area contributed by atoms with Crippen LogP contribution in [0.3, 0.4) is 0 Å². The van der Waals surface area contributed by atoms with Crippen molar-refractivity contribution < 1.29 is 14.5 Å². The zero-order chi connectivity index (χ0) is 18.7. The second kappa shape index (κ2) is 7.92. The van der Waals surface area contributed by atoms with Gasteiger partial charge in [-0.1, -0.05) is 12.2 Å². The van der Waals surface area contributed by atoms with E-state index < -0.39 is 10.9 Å². The molecule has 0 saturated carbocycles. The van der Waals surface area contributed by atoms with Gasteiger partial charge in [0, 0.05) is 25.7 Å². The quantitative estimate of drug-likeness (QED) is 0.188. The first-order valence-corrected chi connectivity index (χ1v) is 9.20. The minimum absolute atomic E-state index is 0.0257. The van der Waals surface area contributed by atoms with Crippen molar-refractivity contribution in [3.63, 3.8) is 0 Å². The molecule has 1 heterocycles. The van der Waals surface area contributed by atoms with E-state index in [-0.39, 0.29) is 17.3 Å². The summed E-state index contributed by atoms with van der Waals surface area (Å²) in [4.78, 5) is 26.3. The molecule has 0 fully saturated rings. The molecule has 2 aromatic rings. The smallest absolute Gasteiger partial charge is 0.363 e. The minimum Gasteiger partial charge on any atom is -0.402 e. The van der Waals surface area contributed by atoms with E-state index in [1.807, 2.05) is 18.2 Å². The first-order valence-electron chi connectivity index (χ1n) is 7.33. The van der Waals surface area contributed by atoms with Crippen molar-refractivity contribution in [3.8, 4) is 0 Å². The monoisotopic (exact) mass is 524 g/mol. The van der Waals surface area contributed by atoms with E-state index in [4.69, 9.17) is 4.74 Å². The summed E-state index contributed by atoms with van der Waals surface area (Å²) in [6, 6.07) is 11.6. The lowest BCUT2D eigenvalue weighted by atomic mass is 10.2. The molecule has 0 spiro atoms. The third kappa shape index (κ3) is 4.25. The number of carbonyl (C=O) groups is 1. The van der Waals surface area contributed by atoms with Gasteiger partial charge in [-0.2, -0.15) is 0 Å². The summed E-state index contributed by atoms with van der Waals surface area (Å²) < 4.78 is 7.14. The lowest BCUT2D eigenvalue weighted by molar-refractivity contribution is -0.384. The van der Waals surface area contributed by atoms with Crippen LogP contribution in [0.5, 0.6) is 0 Å². The standard InChI is InChI=1S/C18H10BrIN2O4/c19-14-10-12(6-9-15(14)20)17-21-16(18(23)26-17)3-1-2-11-4-7-13(8-5-11)22(24)25/h1-10H/b2-1+,16-3-. The number of nitro groups is 1. The maximum Gasteiger partial charge on any atom is 0.363 e. The van der Waals surface area contributed by atoms with E-state index in [1.54, 1.807) is 30.4 Å². The van der Waals surface area contributed by atoms with Crippen LogP contribution in [-0.4, -0.2) is 16.8 Å². The van der Waals surface area contributed by atoms with Crippen LogP contribution in [0.15, 0.2) is 69.8 Å². The Kier molecular flexibility index (Phi) is 5.62. The Labute approximate surface area is 170 Å². The highest BCUT2D eigenvalue weighted by Crippen LogP contribution is 2.23. The number of carbonyl (C=O) groups excluding carboxylic acids is 1. The molecule has 2 aromatic carbocycles. The van der Waals surface area contributed by atoms with Crippen LogP contribution in [0, 0.1) is 13.7 Å². The van der Waals surface area contributed by atoms with E-state index in [0.29, 0.717) is 5.56 Å². The second-order valence-corrected chi connectivity index (χ2v) is 7.21. The van der Waals surface area contributed by atoms with Gasteiger partial charge in [0.1, 0.15) is 0 Å². The Bertz CT molecular complexity index is 981. The third-order valence-electron chi connectivity index (χ3n) is 3.43. The van der Waals surface area contributed by atoms with Crippen molar-refractivity contribution in [3.05, 3.63) is 89.6 Å². The van der Waals surface area contributed by atoms with Crippen molar-refractivity contribution in [2.24, 2.45) is 4.99 Å². The van der Waals surface area contributed by atoms with E-state index in [9.17, 15) is 14.9 Å². The molecule has 0 aliphatic carbocycles. The van der Waals surface area contributed by atoms with Gasteiger partial charge < -0.3 is 4.74 Å². The summed E-state index contributed by atoms with van der Waals surface area (Å²) >= 11 is 5.62. The molecule has 0 atom stereocenters. The summed E-state index contributed by atoms with van der Waals surface area (Å²) in [5, 5.41) is 10.6. The van der Waals surface area contributed by atoms with Crippen LogP contribution in [0.25, 0.3) is 6.08 Å². The summed E-state index contributed by atoms with van der Waals surface area (Å²) in [5.74, 6) is -0.273. The normalized spacial score (nSPS) is 15.4. The van der Waals surface area contributed by atoms with Crippen LogP contribution in [0.1, 0.15) is 11.1 Å². The molecule has 0 radical (unpaired) electrons. The summed E-state index contributed by atoms with van der Waals surface area (Å²) in [6.45, 7) is 0. The van der Waals surface area contributed by atoms with Gasteiger partial charge in [-0.05, 0) is 80.5 Å². The fraction of sp³-hybridized carbons (Fsp3) is 0. The number of ether oxygens (including phenoxy) is 1. The highest BCUT2D eigenvalue weighted by atomic mass is 127. The Morgan fingerprint density at radius 2 is 1.92 bits per heavy atom. The maximum absolute atomic E-state index is 11.9. The van der Waals surface area contributed by atoms with E-state index >= 15 is 0 Å². The minimum atomic E-state index is -0.525. The highest BCUT2D eigenvalue weighted by molar-refractivity contribution is 14.1. The Morgan fingerprint density at radius 1 is 1.19 bits per heavy atom. The number of hydrogen-bond acceptors (Lipinski definition) is 5. The van der Waals surface area contributed by atoms with E-state index in [1.165, 1.54) is 12.1 Å². The van der Waals surface area contributed by atoms with Crippen molar-refractivity contribution in [1.29, 1.82) is 0 Å². The lowest BCUT2D eigenvalue weighted by Crippen LogP contribution is -2.05. The first kappa shape index (κ1) is 18.5. The lowest BCUT2D eigenvalue weighted by Gasteiger charge is -2.01. The van der Waals surface area contributed by atoms with Gasteiger partial charge in [-0.3, -0.25) is 10.1 Å². The number of hydrogen-bond donors (Lipinski definition) is 0. The van der Waals surface area contributed by atoms with Gasteiger partial charge in [0.25, 0.3) is 5.69 Å². The predicted octanol–water partition coefficient (Wildman–Crippen LogP) is 4.86. The van der Waals surface area contributed by atoms with Gasteiger partial charge >= 0.3 is 5.97 Å². The molecule has 1 aliphatic heterocycles. The van der Waals surface area contributed by atoms with E-state index in [0.717, 1.165) is 13.6 Å². The Balaban J connectivity index is 1.77. The fourth-order valence-electron chi connectivity index (χ4n) is 2.13. The number of benzene rings is 2. The number of esters is 1. The molecule has 3 rings (SSSR count). The third-order valence-corrected chi connectivity index (χ3v) is 5.77. The van der Waals surface area contributed by atoms with Crippen molar-refractivity contribution in [2.75, 3.05) is 0 Å². The summed E-state index contributed by atoms with van der Waals surface area (Å²) in [7, 11) is 0. The summed E-state index contributed by atoms with van der Waals surface area (Å²) in [5.41, 5.74) is 1.68. The van der Waals surface area contributed by atoms with Crippen LogP contribution in [0.4, 0.5) is 5.69 Å². The molecule has 26 heavy (non-hydrogen) atoms. The van der Waals surface area contributed by atoms with Crippen molar-refractivity contribution in [2.45, 2.75) is 0 Å². The van der Waals surface area contributed by atoms with Gasteiger partial charge in [-0.25, -0.2) is 9.79 Å². The number of non-ortho nitro benzene ring substituents is 1. The summed E-state index contributed by atoms with van der Waals surface area (Å²) in [6.07, 6.45) is 4.91. The molecular weight excluding hydrogens is 515 g/mol. The molecule has 8 heteroatoms. The molecule has 0 N–H and O–H groups in total. The highest BCUT2D eigenvalue weighted by Gasteiger charge is 2.23. The number of allylic oxidation sites excluding steroid dienone is 2. The number of rotatable bonds is 4. The van der Waals surface area contributed by atoms with E-state index in [2.05, 4.69) is 43.5 Å². The average Bonchev–Trinajstić information content (AvgIpc) is 2.99. The zero-order valence-corrected chi connectivity index (χ0v) is 16.8. The maximum atomic E-state index is 11.9. The first-order chi connectivity index (χ1) is 12.4. The van der Waals surface area contributed by atoms with Crippen LogP contribution < -0.4 is 0 Å². The van der Waals surface area contributed by atoms with Gasteiger partial charge in [-0.15, -0.1) is 0 Å². The fourth-order valence-corrected chi connectivity index (χ4v) is 2.85. The number of aliphatic imine (C=N–C) groups is 1. The largest absolute Gasteiger partial charge is 0.402 e. The van der Waals surface area contributed by atoms with Crippen LogP contribution in [0.2, 0.25) is 0 Å². The molecule has 0 unspecified atom stereocenters. The van der Waals surface area contributed by atoms with Crippen molar-refractivity contribution in [1.82, 2.24) is 0 Å². The number of nitro benzene ring substituents is 1.